The molecule has 2 aliphatic heterocycles. The highest BCUT2D eigenvalue weighted by Gasteiger charge is 2.36. The van der Waals surface area contributed by atoms with Crippen LogP contribution in [0, 0.1) is 11.8 Å². The molecule has 2 fully saturated rings. The zero-order valence-corrected chi connectivity index (χ0v) is 14.6. The average molecular weight is 374 g/mol. The van der Waals surface area contributed by atoms with Gasteiger partial charge >= 0.3 is 0 Å². The zero-order chi connectivity index (χ0) is 14.1. The van der Waals surface area contributed by atoms with Gasteiger partial charge in [-0.15, -0.1) is 12.4 Å². The minimum Gasteiger partial charge on any atom is -0.335 e. The number of hydrogen-bond donors (Lipinski definition) is 1. The summed E-state index contributed by atoms with van der Waals surface area (Å²) in [5.41, 5.74) is 1.25. The first-order chi connectivity index (χ1) is 9.66. The van der Waals surface area contributed by atoms with Crippen LogP contribution in [0.2, 0.25) is 0 Å². The van der Waals surface area contributed by atoms with Crippen LogP contribution in [0.15, 0.2) is 28.7 Å². The van der Waals surface area contributed by atoms with E-state index in [2.05, 4.69) is 51.3 Å². The largest absolute Gasteiger partial charge is 0.335 e. The second kappa shape index (κ2) is 7.12. The molecule has 0 spiro atoms. The average Bonchev–Trinajstić information content (AvgIpc) is 2.84. The molecule has 2 atom stereocenters. The quantitative estimate of drug-likeness (QED) is 0.881. The van der Waals surface area contributed by atoms with Crippen LogP contribution in [0.4, 0.5) is 0 Å². The summed E-state index contributed by atoms with van der Waals surface area (Å²) in [6, 6.07) is 8.63. The van der Waals surface area contributed by atoms with E-state index in [-0.39, 0.29) is 24.4 Å². The van der Waals surface area contributed by atoms with Gasteiger partial charge < -0.3 is 10.2 Å². The molecule has 0 bridgehead atoms. The van der Waals surface area contributed by atoms with Crippen LogP contribution in [-0.2, 0) is 4.79 Å². The molecule has 5 heteroatoms. The van der Waals surface area contributed by atoms with E-state index >= 15 is 0 Å². The number of carbonyl (C=O) groups is 1. The third kappa shape index (κ3) is 3.43. The van der Waals surface area contributed by atoms with E-state index < -0.39 is 0 Å². The van der Waals surface area contributed by atoms with Gasteiger partial charge in [-0.25, -0.2) is 0 Å². The number of amides is 1. The van der Waals surface area contributed by atoms with Crippen LogP contribution < -0.4 is 5.32 Å². The number of nitrogens with one attached hydrogen (secondary N) is 1. The Morgan fingerprint density at radius 2 is 2.19 bits per heavy atom. The lowest BCUT2D eigenvalue weighted by molar-refractivity contribution is -0.138. The van der Waals surface area contributed by atoms with Gasteiger partial charge in [-0.3, -0.25) is 4.79 Å². The van der Waals surface area contributed by atoms with Crippen molar-refractivity contribution < 1.29 is 4.79 Å². The monoisotopic (exact) mass is 372 g/mol. The zero-order valence-electron chi connectivity index (χ0n) is 12.2. The first-order valence-corrected chi connectivity index (χ1v) is 8.23. The summed E-state index contributed by atoms with van der Waals surface area (Å²) >= 11 is 3.53. The second-order valence-corrected chi connectivity index (χ2v) is 6.87. The molecule has 0 aromatic heterocycles. The Balaban J connectivity index is 0.00000161. The van der Waals surface area contributed by atoms with E-state index in [9.17, 15) is 4.79 Å². The SMILES string of the molecule is CC(C(=O)N1CCCC1c1cccc(Br)c1)C1CNC1.Cl. The second-order valence-electron chi connectivity index (χ2n) is 5.95. The van der Waals surface area contributed by atoms with Crippen LogP contribution in [0.25, 0.3) is 0 Å². The van der Waals surface area contributed by atoms with Gasteiger partial charge in [0.05, 0.1) is 6.04 Å². The lowest BCUT2D eigenvalue weighted by Crippen LogP contribution is -2.50. The molecule has 0 saturated carbocycles. The Labute approximate surface area is 141 Å². The smallest absolute Gasteiger partial charge is 0.226 e. The van der Waals surface area contributed by atoms with Crippen LogP contribution in [-0.4, -0.2) is 30.4 Å². The van der Waals surface area contributed by atoms with Gasteiger partial charge in [-0.1, -0.05) is 35.0 Å². The highest BCUT2D eigenvalue weighted by atomic mass is 79.9. The molecular formula is C16H22BrClN2O. The molecule has 1 aromatic rings. The topological polar surface area (TPSA) is 32.3 Å². The Morgan fingerprint density at radius 3 is 2.81 bits per heavy atom. The van der Waals surface area contributed by atoms with Gasteiger partial charge in [0.1, 0.15) is 0 Å². The minimum atomic E-state index is 0. The van der Waals surface area contributed by atoms with Crippen molar-refractivity contribution in [2.75, 3.05) is 19.6 Å². The summed E-state index contributed by atoms with van der Waals surface area (Å²) in [7, 11) is 0. The summed E-state index contributed by atoms with van der Waals surface area (Å²) in [5.74, 6) is 0.995. The van der Waals surface area contributed by atoms with Gasteiger partial charge in [-0.05, 0) is 49.5 Å². The number of benzene rings is 1. The van der Waals surface area contributed by atoms with Gasteiger partial charge in [0.15, 0.2) is 0 Å². The van der Waals surface area contributed by atoms with Crippen molar-refractivity contribution >= 4 is 34.2 Å². The Bertz CT molecular complexity index is 507. The van der Waals surface area contributed by atoms with Crippen molar-refractivity contribution in [2.24, 2.45) is 11.8 Å². The number of hydrogen-bond acceptors (Lipinski definition) is 2. The number of carbonyl (C=O) groups excluding carboxylic acids is 1. The van der Waals surface area contributed by atoms with Crippen molar-refractivity contribution in [1.29, 1.82) is 0 Å². The van der Waals surface area contributed by atoms with Crippen molar-refractivity contribution in [3.63, 3.8) is 0 Å². The number of halogens is 2. The maximum atomic E-state index is 12.7. The molecule has 3 nitrogen and oxygen atoms in total. The number of rotatable bonds is 3. The minimum absolute atomic E-state index is 0. The van der Waals surface area contributed by atoms with Crippen molar-refractivity contribution in [1.82, 2.24) is 10.2 Å². The van der Waals surface area contributed by atoms with Gasteiger partial charge in [0, 0.05) is 16.9 Å². The molecule has 1 aromatic carbocycles. The third-order valence-corrected chi connectivity index (χ3v) is 5.17. The van der Waals surface area contributed by atoms with Crippen LogP contribution in [0.3, 0.4) is 0 Å². The first-order valence-electron chi connectivity index (χ1n) is 7.43. The first kappa shape index (κ1) is 16.8. The molecule has 116 valence electrons. The molecular weight excluding hydrogens is 352 g/mol. The normalized spacial score (nSPS) is 23.3. The Kier molecular flexibility index (Phi) is 5.69. The molecule has 2 heterocycles. The van der Waals surface area contributed by atoms with Gasteiger partial charge in [-0.2, -0.15) is 0 Å². The summed E-state index contributed by atoms with van der Waals surface area (Å²) in [6.07, 6.45) is 2.19. The maximum absolute atomic E-state index is 12.7. The highest BCUT2D eigenvalue weighted by molar-refractivity contribution is 9.10. The molecule has 0 aliphatic carbocycles. The summed E-state index contributed by atoms with van der Waals surface area (Å²) in [5, 5.41) is 3.26. The molecule has 3 rings (SSSR count). The molecule has 2 aliphatic rings. The Hall–Kier alpha value is -0.580. The lowest BCUT2D eigenvalue weighted by atomic mass is 9.87. The van der Waals surface area contributed by atoms with Crippen molar-refractivity contribution in [2.45, 2.75) is 25.8 Å². The molecule has 1 amide bonds. The number of likely N-dealkylation sites (tertiary alicyclic amines) is 1. The molecule has 0 radical (unpaired) electrons. The van der Waals surface area contributed by atoms with E-state index in [1.54, 1.807) is 0 Å². The highest BCUT2D eigenvalue weighted by Crippen LogP contribution is 2.35. The summed E-state index contributed by atoms with van der Waals surface area (Å²) < 4.78 is 1.09. The fourth-order valence-electron chi connectivity index (χ4n) is 3.22. The Morgan fingerprint density at radius 1 is 1.43 bits per heavy atom. The summed E-state index contributed by atoms with van der Waals surface area (Å²) in [6.45, 7) is 4.97. The molecule has 2 saturated heterocycles. The van der Waals surface area contributed by atoms with Gasteiger partial charge in [0.2, 0.25) is 5.91 Å². The fourth-order valence-corrected chi connectivity index (χ4v) is 3.64. The predicted octanol–water partition coefficient (Wildman–Crippen LogP) is 3.39. The van der Waals surface area contributed by atoms with Crippen LogP contribution >= 0.6 is 28.3 Å². The molecule has 1 N–H and O–H groups in total. The van der Waals surface area contributed by atoms with Crippen molar-refractivity contribution in [3.8, 4) is 0 Å². The molecule has 2 unspecified atom stereocenters. The predicted molar refractivity (Wildman–Crippen MR) is 90.6 cm³/mol. The number of nitrogens with zero attached hydrogens (tertiary/aromatic N) is 1. The lowest BCUT2D eigenvalue weighted by Gasteiger charge is -2.35. The van der Waals surface area contributed by atoms with Crippen LogP contribution in [0.1, 0.15) is 31.4 Å². The van der Waals surface area contributed by atoms with E-state index in [0.717, 1.165) is 36.9 Å². The summed E-state index contributed by atoms with van der Waals surface area (Å²) in [4.78, 5) is 14.8. The standard InChI is InChI=1S/C16H21BrN2O.ClH/c1-11(13-9-18-10-13)16(20)19-7-3-6-15(19)12-4-2-5-14(17)8-12;/h2,4-5,8,11,13,15,18H,3,6-7,9-10H2,1H3;1H. The van der Waals surface area contributed by atoms with E-state index in [1.165, 1.54) is 5.56 Å². The third-order valence-electron chi connectivity index (χ3n) is 4.68. The fraction of sp³-hybridized carbons (Fsp3) is 0.562. The van der Waals surface area contributed by atoms with Crippen LogP contribution in [0.5, 0.6) is 0 Å². The van der Waals surface area contributed by atoms with Gasteiger partial charge in [0.25, 0.3) is 0 Å². The van der Waals surface area contributed by atoms with E-state index in [0.29, 0.717) is 11.8 Å². The molecule has 21 heavy (non-hydrogen) atoms. The van der Waals surface area contributed by atoms with E-state index in [1.807, 2.05) is 6.07 Å². The maximum Gasteiger partial charge on any atom is 0.226 e. The van der Waals surface area contributed by atoms with E-state index in [4.69, 9.17) is 0 Å². The van der Waals surface area contributed by atoms with Crippen molar-refractivity contribution in [3.05, 3.63) is 34.3 Å².